The van der Waals surface area contributed by atoms with Gasteiger partial charge in [0.1, 0.15) is 5.82 Å². The average Bonchev–Trinajstić information content (AvgIpc) is 3.40. The molecule has 3 aromatic heterocycles. The van der Waals surface area contributed by atoms with Gasteiger partial charge in [0.25, 0.3) is 5.56 Å². The highest BCUT2D eigenvalue weighted by Gasteiger charge is 2.23. The Bertz CT molecular complexity index is 1200. The molecular formula is C21H18ClN5O2. The first-order valence-corrected chi connectivity index (χ1v) is 9.73. The maximum absolute atomic E-state index is 12.6. The number of H-pyrrole nitrogens is 2. The van der Waals surface area contributed by atoms with E-state index in [1.165, 1.54) is 0 Å². The van der Waals surface area contributed by atoms with E-state index in [9.17, 15) is 4.79 Å². The molecule has 0 amide bonds. The lowest BCUT2D eigenvalue weighted by Crippen LogP contribution is -2.35. The van der Waals surface area contributed by atoms with Crippen LogP contribution in [0.4, 0.5) is 0 Å². The molecule has 0 saturated heterocycles. The largest absolute Gasteiger partial charge is 0.461 e. The molecule has 1 aliphatic rings. The van der Waals surface area contributed by atoms with Gasteiger partial charge < -0.3 is 14.4 Å². The van der Waals surface area contributed by atoms with Gasteiger partial charge in [-0.3, -0.25) is 9.69 Å². The Morgan fingerprint density at radius 3 is 2.72 bits per heavy atom. The predicted octanol–water partition coefficient (Wildman–Crippen LogP) is 3.63. The zero-order valence-electron chi connectivity index (χ0n) is 15.5. The van der Waals surface area contributed by atoms with Crippen LogP contribution in [-0.2, 0) is 19.5 Å². The molecular weight excluding hydrogens is 390 g/mol. The molecule has 8 heteroatoms. The maximum atomic E-state index is 12.6. The minimum Gasteiger partial charge on any atom is -0.461 e. The summed E-state index contributed by atoms with van der Waals surface area (Å²) in [5.74, 6) is 1.77. The number of halogens is 1. The van der Waals surface area contributed by atoms with Gasteiger partial charge in [0.15, 0.2) is 16.7 Å². The number of fused-ring (bicyclic) bond motifs is 1. The number of nitrogens with zero attached hydrogens (tertiary/aromatic N) is 3. The topological polar surface area (TPSA) is 90.8 Å². The van der Waals surface area contributed by atoms with E-state index in [0.29, 0.717) is 41.8 Å². The van der Waals surface area contributed by atoms with E-state index in [1.54, 1.807) is 18.4 Å². The Morgan fingerprint density at radius 2 is 1.93 bits per heavy atom. The molecule has 0 bridgehead atoms. The Hall–Kier alpha value is -3.16. The highest BCUT2D eigenvalue weighted by Crippen LogP contribution is 2.24. The van der Waals surface area contributed by atoms with E-state index < -0.39 is 0 Å². The summed E-state index contributed by atoms with van der Waals surface area (Å²) in [7, 11) is 0. The van der Waals surface area contributed by atoms with Gasteiger partial charge in [0.05, 0.1) is 23.2 Å². The predicted molar refractivity (Wildman–Crippen MR) is 109 cm³/mol. The highest BCUT2D eigenvalue weighted by atomic mass is 35.5. The van der Waals surface area contributed by atoms with Crippen molar-refractivity contribution in [2.75, 3.05) is 6.54 Å². The summed E-state index contributed by atoms with van der Waals surface area (Å²) in [6.45, 7) is 1.86. The number of imidazole rings is 1. The lowest BCUT2D eigenvalue weighted by molar-refractivity contribution is 0.239. The molecule has 0 unspecified atom stereocenters. The van der Waals surface area contributed by atoms with Crippen LogP contribution in [0.5, 0.6) is 0 Å². The van der Waals surface area contributed by atoms with Crippen molar-refractivity contribution in [3.8, 4) is 23.0 Å². The number of hydrogen-bond acceptors (Lipinski definition) is 5. The fraction of sp³-hybridized carbons (Fsp3) is 0.190. The normalized spacial score (nSPS) is 14.1. The standard InChI is InChI=1S/C21H18ClN5O2/c22-18-16(24-19(25-18)13-5-2-1-3-6-13)12-27-9-8-15-14(11-27)21(28)26-20(23-15)17-7-4-10-29-17/h1-7,10H,8-9,11-12H2,(H,24,25)(H,23,26,28). The molecule has 2 N–H and O–H groups in total. The molecule has 0 radical (unpaired) electrons. The molecule has 0 saturated carbocycles. The van der Waals surface area contributed by atoms with Crippen molar-refractivity contribution in [2.24, 2.45) is 0 Å². The van der Waals surface area contributed by atoms with Gasteiger partial charge in [-0.2, -0.15) is 0 Å². The average molecular weight is 408 g/mol. The van der Waals surface area contributed by atoms with Crippen LogP contribution in [0.3, 0.4) is 0 Å². The number of furan rings is 1. The lowest BCUT2D eigenvalue weighted by Gasteiger charge is -2.27. The molecule has 4 heterocycles. The number of rotatable bonds is 4. The number of aromatic nitrogens is 4. The molecule has 4 aromatic rings. The summed E-state index contributed by atoms with van der Waals surface area (Å²) in [6, 6.07) is 13.4. The van der Waals surface area contributed by atoms with Crippen molar-refractivity contribution in [2.45, 2.75) is 19.5 Å². The minimum atomic E-state index is -0.133. The second kappa shape index (κ2) is 7.35. The van der Waals surface area contributed by atoms with E-state index in [0.717, 1.165) is 29.3 Å². The summed E-state index contributed by atoms with van der Waals surface area (Å²) in [6.07, 6.45) is 2.25. The van der Waals surface area contributed by atoms with Crippen LogP contribution in [0.15, 0.2) is 57.9 Å². The first kappa shape index (κ1) is 17.9. The molecule has 1 aliphatic heterocycles. The van der Waals surface area contributed by atoms with Gasteiger partial charge in [-0.05, 0) is 12.1 Å². The van der Waals surface area contributed by atoms with E-state index in [-0.39, 0.29) is 5.56 Å². The van der Waals surface area contributed by atoms with Gasteiger partial charge >= 0.3 is 0 Å². The first-order chi connectivity index (χ1) is 14.2. The second-order valence-corrected chi connectivity index (χ2v) is 7.36. The van der Waals surface area contributed by atoms with E-state index in [4.69, 9.17) is 16.0 Å². The fourth-order valence-electron chi connectivity index (χ4n) is 3.60. The van der Waals surface area contributed by atoms with E-state index >= 15 is 0 Å². The third-order valence-corrected chi connectivity index (χ3v) is 5.37. The van der Waals surface area contributed by atoms with Crippen LogP contribution < -0.4 is 5.56 Å². The Kier molecular flexibility index (Phi) is 4.54. The molecule has 29 heavy (non-hydrogen) atoms. The fourth-order valence-corrected chi connectivity index (χ4v) is 3.79. The van der Waals surface area contributed by atoms with Gasteiger partial charge in [0.2, 0.25) is 0 Å². The van der Waals surface area contributed by atoms with Crippen molar-refractivity contribution < 1.29 is 4.42 Å². The zero-order valence-corrected chi connectivity index (χ0v) is 16.2. The van der Waals surface area contributed by atoms with Crippen molar-refractivity contribution in [1.82, 2.24) is 24.8 Å². The first-order valence-electron chi connectivity index (χ1n) is 9.35. The second-order valence-electron chi connectivity index (χ2n) is 7.00. The molecule has 0 aliphatic carbocycles. The summed E-state index contributed by atoms with van der Waals surface area (Å²) in [4.78, 5) is 30.0. The number of nitrogens with one attached hydrogen (secondary N) is 2. The monoisotopic (exact) mass is 407 g/mol. The van der Waals surface area contributed by atoms with Gasteiger partial charge in [-0.25, -0.2) is 9.97 Å². The summed E-state index contributed by atoms with van der Waals surface area (Å²) in [5.41, 5.74) is 3.19. The number of aromatic amines is 2. The summed E-state index contributed by atoms with van der Waals surface area (Å²) >= 11 is 6.36. The molecule has 7 nitrogen and oxygen atoms in total. The molecule has 146 valence electrons. The Balaban J connectivity index is 1.37. The lowest BCUT2D eigenvalue weighted by atomic mass is 10.1. The molecule has 0 fully saturated rings. The van der Waals surface area contributed by atoms with Crippen LogP contribution in [0.2, 0.25) is 5.15 Å². The van der Waals surface area contributed by atoms with E-state index in [2.05, 4.69) is 24.8 Å². The number of hydrogen-bond donors (Lipinski definition) is 2. The summed E-state index contributed by atoms with van der Waals surface area (Å²) in [5, 5.41) is 0.454. The van der Waals surface area contributed by atoms with Gasteiger partial charge in [0, 0.05) is 31.6 Å². The zero-order chi connectivity index (χ0) is 19.8. The number of benzene rings is 1. The molecule has 0 atom stereocenters. The van der Waals surface area contributed by atoms with Gasteiger partial charge in [-0.1, -0.05) is 41.9 Å². The van der Waals surface area contributed by atoms with Crippen molar-refractivity contribution in [3.63, 3.8) is 0 Å². The van der Waals surface area contributed by atoms with Crippen molar-refractivity contribution >= 4 is 11.6 Å². The smallest absolute Gasteiger partial charge is 0.256 e. The highest BCUT2D eigenvalue weighted by molar-refractivity contribution is 6.30. The van der Waals surface area contributed by atoms with E-state index in [1.807, 2.05) is 30.3 Å². The minimum absolute atomic E-state index is 0.133. The summed E-state index contributed by atoms with van der Waals surface area (Å²) < 4.78 is 5.35. The molecule has 1 aromatic carbocycles. The van der Waals surface area contributed by atoms with Crippen LogP contribution in [0, 0.1) is 0 Å². The molecule has 5 rings (SSSR count). The van der Waals surface area contributed by atoms with Crippen LogP contribution in [0.1, 0.15) is 17.0 Å². The Labute approximate surface area is 171 Å². The third kappa shape index (κ3) is 3.50. The van der Waals surface area contributed by atoms with Crippen LogP contribution in [0.25, 0.3) is 23.0 Å². The van der Waals surface area contributed by atoms with Crippen molar-refractivity contribution in [1.29, 1.82) is 0 Å². The van der Waals surface area contributed by atoms with Crippen LogP contribution in [-0.4, -0.2) is 31.4 Å². The van der Waals surface area contributed by atoms with Crippen LogP contribution >= 0.6 is 11.6 Å². The SMILES string of the molecule is O=c1[nH]c(-c2ccco2)nc2c1CN(Cc1[nH]c(-c3ccccc3)nc1Cl)CC2. The third-order valence-electron chi connectivity index (χ3n) is 5.06. The maximum Gasteiger partial charge on any atom is 0.256 e. The quantitative estimate of drug-likeness (QED) is 0.539. The van der Waals surface area contributed by atoms with Gasteiger partial charge in [-0.15, -0.1) is 0 Å². The molecule has 0 spiro atoms. The van der Waals surface area contributed by atoms with Crippen molar-refractivity contribution in [3.05, 3.63) is 81.2 Å². The Morgan fingerprint density at radius 1 is 1.07 bits per heavy atom.